The number of hydrogen-bond acceptors (Lipinski definition) is 19. The molecule has 0 saturated carbocycles. The summed E-state index contributed by atoms with van der Waals surface area (Å²) >= 11 is 0. The van der Waals surface area contributed by atoms with Crippen molar-refractivity contribution >= 4 is 94.2 Å². The van der Waals surface area contributed by atoms with E-state index >= 15 is 0 Å². The molecule has 0 bridgehead atoms. The van der Waals surface area contributed by atoms with Crippen LogP contribution in [0.25, 0.3) is 12.2 Å². The minimum Gasteiger partial charge on any atom is -0.395 e. The average molecular weight is 994 g/mol. The zero-order chi connectivity index (χ0) is 49.1. The van der Waals surface area contributed by atoms with Gasteiger partial charge in [0.25, 0.3) is 30.4 Å². The van der Waals surface area contributed by atoms with E-state index in [2.05, 4.69) is 41.5 Å². The van der Waals surface area contributed by atoms with Gasteiger partial charge in [-0.1, -0.05) is 48.6 Å². The molecule has 0 amide bonds. The molecule has 0 aliphatic carbocycles. The Bertz CT molecular complexity index is 3090. The number of aromatic nitrogens is 3. The molecule has 1 heterocycles. The van der Waals surface area contributed by atoms with Crippen molar-refractivity contribution in [2.75, 3.05) is 72.2 Å². The highest BCUT2D eigenvalue weighted by Gasteiger charge is 2.21. The predicted molar refractivity (Wildman–Crippen MR) is 255 cm³/mol. The summed E-state index contributed by atoms with van der Waals surface area (Å²) in [6.45, 7) is -0.775. The number of aliphatic hydroxyl groups excluding tert-OH is 4. The van der Waals surface area contributed by atoms with Gasteiger partial charge in [-0.05, 0) is 83.9 Å². The largest absolute Gasteiger partial charge is 0.395 e. The van der Waals surface area contributed by atoms with Crippen molar-refractivity contribution in [1.29, 1.82) is 0 Å². The van der Waals surface area contributed by atoms with Gasteiger partial charge < -0.3 is 51.9 Å². The SMILES string of the molecule is O=S(=O)(O)c1cccc(Nc2cc(Nc3ccc(C=Cc4ccc(Nc5nc(Nc6ccccc6S(=O)(=O)O)nc(C(CO)NCCO)n5)cc4S(=O)(=O)O)cc3)cc(N(CCO)CCO)c2)c1. The van der Waals surface area contributed by atoms with Gasteiger partial charge in [0, 0.05) is 53.8 Å². The van der Waals surface area contributed by atoms with Gasteiger partial charge in [-0.15, -0.1) is 0 Å². The van der Waals surface area contributed by atoms with Crippen LogP contribution < -0.4 is 31.5 Å². The van der Waals surface area contributed by atoms with Crippen LogP contribution in [0, 0.1) is 0 Å². The lowest BCUT2D eigenvalue weighted by Crippen LogP contribution is -2.29. The van der Waals surface area contributed by atoms with E-state index < -0.39 is 52.8 Å². The van der Waals surface area contributed by atoms with Gasteiger partial charge in [0.15, 0.2) is 5.82 Å². The topological polar surface area (TPSA) is 346 Å². The second kappa shape index (κ2) is 22.5. The van der Waals surface area contributed by atoms with Crippen molar-refractivity contribution in [3.05, 3.63) is 126 Å². The van der Waals surface area contributed by atoms with Crippen molar-refractivity contribution in [2.24, 2.45) is 0 Å². The van der Waals surface area contributed by atoms with Crippen LogP contribution in [0.5, 0.6) is 0 Å². The molecule has 6 rings (SSSR count). The fraction of sp³-hybridized carbons (Fsp3) is 0.186. The fourth-order valence-corrected chi connectivity index (χ4v) is 8.52. The van der Waals surface area contributed by atoms with Gasteiger partial charge in [-0.3, -0.25) is 13.7 Å². The third kappa shape index (κ3) is 14.0. The van der Waals surface area contributed by atoms with E-state index in [1.807, 2.05) is 0 Å². The third-order valence-electron chi connectivity index (χ3n) is 9.71. The number of aliphatic hydroxyl groups is 4. The van der Waals surface area contributed by atoms with Crippen molar-refractivity contribution in [3.63, 3.8) is 0 Å². The normalized spacial score (nSPS) is 12.5. The van der Waals surface area contributed by atoms with Crippen LogP contribution in [0.3, 0.4) is 0 Å². The van der Waals surface area contributed by atoms with Gasteiger partial charge in [-0.2, -0.15) is 40.2 Å². The van der Waals surface area contributed by atoms with E-state index in [1.54, 1.807) is 59.5 Å². The molecule has 12 N–H and O–H groups in total. The maximum absolute atomic E-state index is 12.7. The Kier molecular flexibility index (Phi) is 16.8. The quantitative estimate of drug-likeness (QED) is 0.0317. The van der Waals surface area contributed by atoms with Crippen LogP contribution in [-0.4, -0.2) is 120 Å². The first-order valence-electron chi connectivity index (χ1n) is 20.3. The first-order chi connectivity index (χ1) is 32.4. The van der Waals surface area contributed by atoms with Crippen LogP contribution in [0.2, 0.25) is 0 Å². The molecule has 0 radical (unpaired) electrons. The van der Waals surface area contributed by atoms with Gasteiger partial charge in [0.05, 0.1) is 43.1 Å². The maximum atomic E-state index is 12.7. The molecule has 0 fully saturated rings. The van der Waals surface area contributed by atoms with Crippen LogP contribution >= 0.6 is 0 Å². The number of nitrogens with zero attached hydrogens (tertiary/aromatic N) is 4. The molecule has 0 saturated heterocycles. The first kappa shape index (κ1) is 50.8. The average Bonchev–Trinajstić information content (AvgIpc) is 3.28. The van der Waals surface area contributed by atoms with Crippen LogP contribution in [0.15, 0.2) is 124 Å². The molecule has 0 aliphatic rings. The lowest BCUT2D eigenvalue weighted by Gasteiger charge is -2.25. The molecule has 68 heavy (non-hydrogen) atoms. The zero-order valence-electron chi connectivity index (χ0n) is 35.7. The Balaban J connectivity index is 1.25. The van der Waals surface area contributed by atoms with Crippen molar-refractivity contribution in [1.82, 2.24) is 20.3 Å². The molecule has 1 aromatic heterocycles. The summed E-state index contributed by atoms with van der Waals surface area (Å²) in [7, 11) is -14.0. The van der Waals surface area contributed by atoms with Crippen LogP contribution in [-0.2, 0) is 30.4 Å². The molecule has 360 valence electrons. The molecule has 6 aromatic rings. The highest BCUT2D eigenvalue weighted by molar-refractivity contribution is 7.86. The summed E-state index contributed by atoms with van der Waals surface area (Å²) in [5, 5.41) is 53.7. The number of para-hydroxylation sites is 1. The highest BCUT2D eigenvalue weighted by Crippen LogP contribution is 2.32. The lowest BCUT2D eigenvalue weighted by molar-refractivity contribution is 0.223. The Labute approximate surface area is 391 Å². The molecule has 0 spiro atoms. The van der Waals surface area contributed by atoms with Crippen molar-refractivity contribution in [2.45, 2.75) is 20.7 Å². The fourth-order valence-electron chi connectivity index (χ4n) is 6.63. The van der Waals surface area contributed by atoms with Gasteiger partial charge in [0.1, 0.15) is 9.79 Å². The summed E-state index contributed by atoms with van der Waals surface area (Å²) in [6, 6.07) is 26.3. The highest BCUT2D eigenvalue weighted by atomic mass is 32.2. The Morgan fingerprint density at radius 3 is 1.78 bits per heavy atom. The van der Waals surface area contributed by atoms with E-state index in [0.717, 1.165) is 12.1 Å². The van der Waals surface area contributed by atoms with E-state index in [0.29, 0.717) is 34.0 Å². The first-order valence-corrected chi connectivity index (χ1v) is 24.6. The second-order valence-corrected chi connectivity index (χ2v) is 18.8. The Morgan fingerprint density at radius 2 is 1.16 bits per heavy atom. The summed E-state index contributed by atoms with van der Waals surface area (Å²) in [4.78, 5) is 13.3. The predicted octanol–water partition coefficient (Wildman–Crippen LogP) is 4.16. The van der Waals surface area contributed by atoms with Gasteiger partial charge >= 0.3 is 0 Å². The van der Waals surface area contributed by atoms with E-state index in [1.165, 1.54) is 54.6 Å². The molecule has 22 nitrogen and oxygen atoms in total. The summed E-state index contributed by atoms with van der Waals surface area (Å²) in [5.41, 5.74) is 3.40. The summed E-state index contributed by atoms with van der Waals surface area (Å²) in [6.07, 6.45) is 3.08. The van der Waals surface area contributed by atoms with Crippen molar-refractivity contribution < 1.29 is 59.3 Å². The lowest BCUT2D eigenvalue weighted by atomic mass is 10.1. The van der Waals surface area contributed by atoms with Crippen LogP contribution in [0.4, 0.5) is 51.7 Å². The van der Waals surface area contributed by atoms with Crippen LogP contribution in [0.1, 0.15) is 23.0 Å². The van der Waals surface area contributed by atoms with E-state index in [-0.39, 0.29) is 79.0 Å². The number of rotatable bonds is 23. The third-order valence-corrected chi connectivity index (χ3v) is 12.4. The maximum Gasteiger partial charge on any atom is 0.296 e. The second-order valence-electron chi connectivity index (χ2n) is 14.6. The molecule has 0 aliphatic heterocycles. The molecule has 5 aromatic carbocycles. The molecular weight excluding hydrogens is 947 g/mol. The van der Waals surface area contributed by atoms with E-state index in [4.69, 9.17) is 0 Å². The Morgan fingerprint density at radius 1 is 0.544 bits per heavy atom. The number of hydrogen-bond donors (Lipinski definition) is 12. The monoisotopic (exact) mass is 993 g/mol. The summed E-state index contributed by atoms with van der Waals surface area (Å²) < 4.78 is 103. The summed E-state index contributed by atoms with van der Waals surface area (Å²) in [5.74, 6) is -0.517. The zero-order valence-corrected chi connectivity index (χ0v) is 38.1. The minimum atomic E-state index is -4.84. The molecule has 1 unspecified atom stereocenters. The molecule has 25 heteroatoms. The number of anilines is 9. The molecule has 1 atom stereocenters. The minimum absolute atomic E-state index is 0.0386. The van der Waals surface area contributed by atoms with Gasteiger partial charge in [-0.25, -0.2) is 0 Å². The number of benzene rings is 5. The van der Waals surface area contributed by atoms with Crippen molar-refractivity contribution in [3.8, 4) is 0 Å². The smallest absolute Gasteiger partial charge is 0.296 e. The standard InChI is InChI=1S/C43H47N9O13S3/c53-19-16-44-38(27-56)41-49-42(51-43(50-41)48-37-6-1-2-7-39(37)67(60,61)62)47-32-15-12-29(40(26-32)68(63,64)65)11-8-28-9-13-30(14-10-28)45-33-22-34(24-35(23-33)52(17-20-54)18-21-55)46-31-4-3-5-36(25-31)66(57,58)59/h1-15,22-26,38,44-46,53-56H,16-21,27H2,(H,57,58,59)(H,60,61,62)(H,63,64,65)(H2,47,48,49,50,51). The van der Waals surface area contributed by atoms with E-state index in [9.17, 15) is 59.3 Å². The Hall–Kier alpha value is -6.62. The molecular formula is C43H47N9O13S3. The van der Waals surface area contributed by atoms with Gasteiger partial charge in [0.2, 0.25) is 11.9 Å². The number of nitrogens with one attached hydrogen (secondary N) is 5.